The predicted octanol–water partition coefficient (Wildman–Crippen LogP) is 4.43. The van der Waals surface area contributed by atoms with Crippen molar-refractivity contribution in [2.24, 2.45) is 0 Å². The molecule has 0 aliphatic carbocycles. The van der Waals surface area contributed by atoms with E-state index in [2.05, 4.69) is 30.8 Å². The molecule has 0 aliphatic rings. The van der Waals surface area contributed by atoms with Crippen LogP contribution in [-0.4, -0.2) is 20.2 Å². The van der Waals surface area contributed by atoms with E-state index in [0.29, 0.717) is 17.2 Å². The molecule has 3 N–H and O–H groups in total. The van der Waals surface area contributed by atoms with Crippen molar-refractivity contribution < 1.29 is 13.2 Å². The topological polar surface area (TPSA) is 78.5 Å². The number of aromatic amines is 1. The van der Waals surface area contributed by atoms with Gasteiger partial charge in [0.15, 0.2) is 23.3 Å². The molecule has 0 fully saturated rings. The first-order valence-electron chi connectivity index (χ1n) is 8.43. The van der Waals surface area contributed by atoms with Gasteiger partial charge in [-0.25, -0.2) is 18.2 Å². The van der Waals surface area contributed by atoms with E-state index in [1.807, 2.05) is 37.3 Å². The van der Waals surface area contributed by atoms with E-state index < -0.39 is 17.5 Å². The minimum absolute atomic E-state index is 0.0212. The summed E-state index contributed by atoms with van der Waals surface area (Å²) in [5, 5.41) is 13.8. The van der Waals surface area contributed by atoms with E-state index in [1.54, 1.807) is 0 Å². The molecular formula is C19H15F3N6. The average Bonchev–Trinajstić information content (AvgIpc) is 3.09. The molecule has 0 amide bonds. The molecule has 0 unspecified atom stereocenters. The fraction of sp³-hybridized carbons (Fsp3) is 0.105. The van der Waals surface area contributed by atoms with E-state index in [-0.39, 0.29) is 18.1 Å². The van der Waals surface area contributed by atoms with Crippen LogP contribution in [0.3, 0.4) is 0 Å². The van der Waals surface area contributed by atoms with Crippen LogP contribution in [0.5, 0.6) is 0 Å². The van der Waals surface area contributed by atoms with Gasteiger partial charge in [0, 0.05) is 23.7 Å². The quantitative estimate of drug-likeness (QED) is 0.444. The number of aryl methyl sites for hydroxylation is 1. The highest BCUT2D eigenvalue weighted by molar-refractivity contribution is 5.91. The molecule has 0 spiro atoms. The maximum Gasteiger partial charge on any atom is 0.225 e. The van der Waals surface area contributed by atoms with Gasteiger partial charge in [0.05, 0.1) is 5.52 Å². The van der Waals surface area contributed by atoms with E-state index in [1.165, 1.54) is 0 Å². The van der Waals surface area contributed by atoms with Crippen LogP contribution in [-0.2, 0) is 6.54 Å². The van der Waals surface area contributed by atoms with Gasteiger partial charge in [0.2, 0.25) is 5.95 Å². The summed E-state index contributed by atoms with van der Waals surface area (Å²) in [4.78, 5) is 8.84. The number of halogens is 3. The summed E-state index contributed by atoms with van der Waals surface area (Å²) in [5.41, 5.74) is 1.79. The van der Waals surface area contributed by atoms with Crippen LogP contribution >= 0.6 is 0 Å². The molecule has 142 valence electrons. The molecule has 0 aliphatic heterocycles. The van der Waals surface area contributed by atoms with Gasteiger partial charge in [-0.05, 0) is 36.8 Å². The Morgan fingerprint density at radius 2 is 1.75 bits per heavy atom. The fourth-order valence-corrected chi connectivity index (χ4v) is 2.75. The van der Waals surface area contributed by atoms with Crippen molar-refractivity contribution in [2.75, 3.05) is 10.6 Å². The third kappa shape index (κ3) is 3.59. The lowest BCUT2D eigenvalue weighted by Crippen LogP contribution is -2.07. The molecule has 2 aromatic heterocycles. The second kappa shape index (κ2) is 7.18. The Labute approximate surface area is 157 Å². The van der Waals surface area contributed by atoms with Crippen molar-refractivity contribution in [2.45, 2.75) is 13.5 Å². The third-order valence-corrected chi connectivity index (χ3v) is 4.05. The van der Waals surface area contributed by atoms with Crippen LogP contribution in [0.4, 0.5) is 30.8 Å². The van der Waals surface area contributed by atoms with Crippen LogP contribution < -0.4 is 10.6 Å². The number of rotatable bonds is 5. The summed E-state index contributed by atoms with van der Waals surface area (Å²) < 4.78 is 39.9. The van der Waals surface area contributed by atoms with Crippen LogP contribution in [0.15, 0.2) is 42.5 Å². The van der Waals surface area contributed by atoms with Crippen LogP contribution in [0.2, 0.25) is 0 Å². The van der Waals surface area contributed by atoms with Crippen molar-refractivity contribution in [1.82, 2.24) is 20.2 Å². The molecule has 0 bridgehead atoms. The van der Waals surface area contributed by atoms with Crippen molar-refractivity contribution in [3.8, 4) is 0 Å². The number of para-hydroxylation sites is 1. The standard InChI is InChI=1S/C19H15F3N6/c1-10-6-16(28-27-10)25-18-12-4-2-3-5-15(12)24-19(26-18)23-9-11-7-13(20)17(22)14(21)8-11/h2-8H,9H2,1H3,(H3,23,24,25,26,27,28). The molecule has 0 saturated heterocycles. The molecule has 4 aromatic rings. The van der Waals surface area contributed by atoms with Crippen molar-refractivity contribution in [3.05, 3.63) is 71.2 Å². The van der Waals surface area contributed by atoms with Gasteiger partial charge < -0.3 is 10.6 Å². The number of aromatic nitrogens is 4. The summed E-state index contributed by atoms with van der Waals surface area (Å²) in [6, 6.07) is 11.1. The van der Waals surface area contributed by atoms with Gasteiger partial charge >= 0.3 is 0 Å². The Morgan fingerprint density at radius 1 is 1.00 bits per heavy atom. The molecular weight excluding hydrogens is 369 g/mol. The first kappa shape index (κ1) is 17.8. The largest absolute Gasteiger partial charge is 0.350 e. The molecule has 0 radical (unpaired) electrons. The number of nitrogens with one attached hydrogen (secondary N) is 3. The average molecular weight is 384 g/mol. The van der Waals surface area contributed by atoms with Crippen molar-refractivity contribution in [1.29, 1.82) is 0 Å². The van der Waals surface area contributed by atoms with Crippen molar-refractivity contribution >= 4 is 28.5 Å². The first-order chi connectivity index (χ1) is 13.5. The van der Waals surface area contributed by atoms with Gasteiger partial charge in [-0.2, -0.15) is 10.1 Å². The highest BCUT2D eigenvalue weighted by Crippen LogP contribution is 2.25. The lowest BCUT2D eigenvalue weighted by atomic mass is 10.2. The predicted molar refractivity (Wildman–Crippen MR) is 99.8 cm³/mol. The molecule has 28 heavy (non-hydrogen) atoms. The number of hydrogen-bond acceptors (Lipinski definition) is 5. The second-order valence-electron chi connectivity index (χ2n) is 6.20. The summed E-state index contributed by atoms with van der Waals surface area (Å²) in [7, 11) is 0. The Bertz CT molecular complexity index is 1130. The van der Waals surface area contributed by atoms with E-state index in [9.17, 15) is 13.2 Å². The molecule has 2 heterocycles. The molecule has 0 atom stereocenters. The molecule has 4 rings (SSSR count). The smallest absolute Gasteiger partial charge is 0.225 e. The van der Waals surface area contributed by atoms with Crippen LogP contribution in [0, 0.1) is 24.4 Å². The van der Waals surface area contributed by atoms with E-state index in [4.69, 9.17) is 0 Å². The Hall–Kier alpha value is -3.62. The van der Waals surface area contributed by atoms with Gasteiger partial charge in [0.25, 0.3) is 0 Å². The Kier molecular flexibility index (Phi) is 4.56. The van der Waals surface area contributed by atoms with Gasteiger partial charge in [-0.15, -0.1) is 0 Å². The highest BCUT2D eigenvalue weighted by Gasteiger charge is 2.12. The van der Waals surface area contributed by atoms with E-state index in [0.717, 1.165) is 23.2 Å². The summed E-state index contributed by atoms with van der Waals surface area (Å²) in [6.07, 6.45) is 0. The summed E-state index contributed by atoms with van der Waals surface area (Å²) in [6.45, 7) is 1.90. The molecule has 2 aromatic carbocycles. The number of nitrogens with zero attached hydrogens (tertiary/aromatic N) is 3. The van der Waals surface area contributed by atoms with Crippen molar-refractivity contribution in [3.63, 3.8) is 0 Å². The highest BCUT2D eigenvalue weighted by atomic mass is 19.2. The number of H-pyrrole nitrogens is 1. The maximum atomic E-state index is 13.4. The minimum atomic E-state index is -1.49. The first-order valence-corrected chi connectivity index (χ1v) is 8.43. The van der Waals surface area contributed by atoms with Gasteiger partial charge in [-0.3, -0.25) is 5.10 Å². The minimum Gasteiger partial charge on any atom is -0.350 e. The lowest BCUT2D eigenvalue weighted by molar-refractivity contribution is 0.445. The van der Waals surface area contributed by atoms with E-state index >= 15 is 0 Å². The van der Waals surface area contributed by atoms with Crippen LogP contribution in [0.1, 0.15) is 11.3 Å². The van der Waals surface area contributed by atoms with Gasteiger partial charge in [0.1, 0.15) is 5.82 Å². The van der Waals surface area contributed by atoms with Gasteiger partial charge in [-0.1, -0.05) is 12.1 Å². The zero-order valence-electron chi connectivity index (χ0n) is 14.7. The summed E-state index contributed by atoms with van der Waals surface area (Å²) in [5.74, 6) is -2.61. The number of anilines is 3. The number of benzene rings is 2. The lowest BCUT2D eigenvalue weighted by Gasteiger charge is -2.11. The Balaban J connectivity index is 1.64. The summed E-state index contributed by atoms with van der Waals surface area (Å²) >= 11 is 0. The molecule has 0 saturated carbocycles. The second-order valence-corrected chi connectivity index (χ2v) is 6.20. The normalized spacial score (nSPS) is 11.0. The zero-order chi connectivity index (χ0) is 19.7. The SMILES string of the molecule is Cc1cc(Nc2nc(NCc3cc(F)c(F)c(F)c3)nc3ccccc23)n[nH]1. The molecule has 9 heteroatoms. The maximum absolute atomic E-state index is 13.4. The number of fused-ring (bicyclic) bond motifs is 1. The number of hydrogen-bond donors (Lipinski definition) is 3. The monoisotopic (exact) mass is 384 g/mol. The van der Waals surface area contributed by atoms with Crippen LogP contribution in [0.25, 0.3) is 10.9 Å². The zero-order valence-corrected chi connectivity index (χ0v) is 14.7. The Morgan fingerprint density at radius 3 is 2.46 bits per heavy atom. The fourth-order valence-electron chi connectivity index (χ4n) is 2.75. The molecule has 6 nitrogen and oxygen atoms in total. The third-order valence-electron chi connectivity index (χ3n) is 4.05.